The van der Waals surface area contributed by atoms with Crippen molar-refractivity contribution in [1.29, 1.82) is 0 Å². The summed E-state index contributed by atoms with van der Waals surface area (Å²) in [7, 11) is 1.60. The molecule has 0 bridgehead atoms. The zero-order chi connectivity index (χ0) is 15.0. The molecule has 114 valence electrons. The van der Waals surface area contributed by atoms with Crippen LogP contribution in [0.5, 0.6) is 11.5 Å². The Balaban J connectivity index is 2.11. The summed E-state index contributed by atoms with van der Waals surface area (Å²) in [5.41, 5.74) is 2.02. The number of hydrogen-bond donors (Lipinski definition) is 1. The smallest absolute Gasteiger partial charge is 0.184 e. The van der Waals surface area contributed by atoms with Crippen LogP contribution in [0, 0.1) is 0 Å². The van der Waals surface area contributed by atoms with Gasteiger partial charge in [0.2, 0.25) is 0 Å². The number of aliphatic hydroxyl groups is 1. The average Bonchev–Trinajstić information content (AvgIpc) is 2.98. The topological polar surface area (TPSA) is 57.2 Å². The molecular weight excluding hydrogens is 272 g/mol. The highest BCUT2D eigenvalue weighted by Gasteiger charge is 2.31. The number of hydrogen-bond acceptors (Lipinski definition) is 5. The van der Waals surface area contributed by atoms with Crippen LogP contribution in [-0.2, 0) is 9.47 Å². The fraction of sp³-hybridized carbons (Fsp3) is 0.500. The second-order valence-electron chi connectivity index (χ2n) is 5.71. The Morgan fingerprint density at radius 3 is 2.62 bits per heavy atom. The van der Waals surface area contributed by atoms with Crippen LogP contribution in [0.3, 0.4) is 0 Å². The van der Waals surface area contributed by atoms with Crippen LogP contribution < -0.4 is 9.47 Å². The Labute approximate surface area is 124 Å². The van der Waals surface area contributed by atoms with Gasteiger partial charge in [-0.15, -0.1) is 0 Å². The van der Waals surface area contributed by atoms with Crippen LogP contribution in [0.2, 0.25) is 0 Å². The van der Waals surface area contributed by atoms with Gasteiger partial charge in [0.25, 0.3) is 0 Å². The molecule has 0 amide bonds. The van der Waals surface area contributed by atoms with E-state index in [-0.39, 0.29) is 12.9 Å². The van der Waals surface area contributed by atoms with Crippen molar-refractivity contribution in [2.45, 2.75) is 25.7 Å². The van der Waals surface area contributed by atoms with E-state index < -0.39 is 5.60 Å². The van der Waals surface area contributed by atoms with Crippen LogP contribution >= 0.6 is 0 Å². The minimum Gasteiger partial charge on any atom is -0.493 e. The van der Waals surface area contributed by atoms with Crippen LogP contribution in [0.15, 0.2) is 18.2 Å². The van der Waals surface area contributed by atoms with Crippen molar-refractivity contribution < 1.29 is 24.1 Å². The van der Waals surface area contributed by atoms with Gasteiger partial charge in [0.15, 0.2) is 17.8 Å². The van der Waals surface area contributed by atoms with Gasteiger partial charge in [-0.3, -0.25) is 0 Å². The molecule has 0 spiro atoms. The number of benzene rings is 1. The molecule has 2 heterocycles. The lowest BCUT2D eigenvalue weighted by atomic mass is 9.93. The van der Waals surface area contributed by atoms with E-state index in [9.17, 15) is 5.11 Å². The Kier molecular flexibility index (Phi) is 3.65. The predicted octanol–water partition coefficient (Wildman–Crippen LogP) is 2.29. The molecule has 0 aromatic heterocycles. The molecular formula is C16H20O5. The van der Waals surface area contributed by atoms with Gasteiger partial charge < -0.3 is 24.1 Å². The van der Waals surface area contributed by atoms with Crippen LogP contribution in [0.1, 0.15) is 31.3 Å². The minimum atomic E-state index is -0.486. The lowest BCUT2D eigenvalue weighted by Gasteiger charge is -2.32. The summed E-state index contributed by atoms with van der Waals surface area (Å²) < 4.78 is 22.5. The molecule has 0 saturated carbocycles. The summed E-state index contributed by atoms with van der Waals surface area (Å²) in [6, 6.07) is 3.80. The monoisotopic (exact) mass is 292 g/mol. The fourth-order valence-corrected chi connectivity index (χ4v) is 2.73. The molecule has 0 radical (unpaired) electrons. The van der Waals surface area contributed by atoms with Gasteiger partial charge in [-0.1, -0.05) is 0 Å². The number of methoxy groups -OCH3 is 1. The molecule has 2 aliphatic rings. The second-order valence-corrected chi connectivity index (χ2v) is 5.71. The SMILES string of the molecule is COc1cc(C2OCCO2)cc2c1OC(C)(C)C=C2CO. The maximum Gasteiger partial charge on any atom is 0.184 e. The first-order valence-corrected chi connectivity index (χ1v) is 7.01. The zero-order valence-corrected chi connectivity index (χ0v) is 12.5. The van der Waals surface area contributed by atoms with E-state index in [4.69, 9.17) is 18.9 Å². The molecule has 2 aliphatic heterocycles. The second kappa shape index (κ2) is 5.33. The van der Waals surface area contributed by atoms with E-state index in [0.29, 0.717) is 24.7 Å². The largest absolute Gasteiger partial charge is 0.493 e. The predicted molar refractivity (Wildman–Crippen MR) is 77.4 cm³/mol. The van der Waals surface area contributed by atoms with Crippen molar-refractivity contribution in [3.63, 3.8) is 0 Å². The molecule has 1 N–H and O–H groups in total. The van der Waals surface area contributed by atoms with E-state index >= 15 is 0 Å². The molecule has 1 aromatic carbocycles. The first-order valence-electron chi connectivity index (χ1n) is 7.01. The highest BCUT2D eigenvalue weighted by molar-refractivity contribution is 5.77. The van der Waals surface area contributed by atoms with E-state index in [1.807, 2.05) is 32.1 Å². The average molecular weight is 292 g/mol. The lowest BCUT2D eigenvalue weighted by molar-refractivity contribution is -0.0443. The van der Waals surface area contributed by atoms with Crippen LogP contribution in [-0.4, -0.2) is 37.6 Å². The number of rotatable bonds is 3. The Bertz CT molecular complexity index is 570. The van der Waals surface area contributed by atoms with Crippen LogP contribution in [0.4, 0.5) is 0 Å². The highest BCUT2D eigenvalue weighted by Crippen LogP contribution is 2.44. The summed E-state index contributed by atoms with van der Waals surface area (Å²) >= 11 is 0. The lowest BCUT2D eigenvalue weighted by Crippen LogP contribution is -2.30. The van der Waals surface area contributed by atoms with Crippen LogP contribution in [0.25, 0.3) is 5.57 Å². The molecule has 0 aliphatic carbocycles. The number of ether oxygens (including phenoxy) is 4. The molecule has 1 saturated heterocycles. The van der Waals surface area contributed by atoms with Crippen molar-refractivity contribution in [3.05, 3.63) is 29.3 Å². The summed E-state index contributed by atoms with van der Waals surface area (Å²) in [4.78, 5) is 0. The molecule has 3 rings (SSSR count). The van der Waals surface area contributed by atoms with Gasteiger partial charge in [-0.25, -0.2) is 0 Å². The standard InChI is InChI=1S/C16H20O5/c1-16(2)8-11(9-17)12-6-10(15-19-4-5-20-15)7-13(18-3)14(12)21-16/h6-8,15,17H,4-5,9H2,1-3H3. The van der Waals surface area contributed by atoms with Gasteiger partial charge in [-0.2, -0.15) is 0 Å². The van der Waals surface area contributed by atoms with E-state index in [2.05, 4.69) is 0 Å². The molecule has 1 aromatic rings. The third-order valence-electron chi connectivity index (χ3n) is 3.59. The van der Waals surface area contributed by atoms with E-state index in [0.717, 1.165) is 16.7 Å². The minimum absolute atomic E-state index is 0.0568. The van der Waals surface area contributed by atoms with Crippen molar-refractivity contribution >= 4 is 5.57 Å². The fourth-order valence-electron chi connectivity index (χ4n) is 2.73. The van der Waals surface area contributed by atoms with Gasteiger partial charge in [0.1, 0.15) is 5.60 Å². The quantitative estimate of drug-likeness (QED) is 0.926. The first-order chi connectivity index (χ1) is 10.0. The first kappa shape index (κ1) is 14.4. The molecule has 5 heteroatoms. The number of aliphatic hydroxyl groups excluding tert-OH is 1. The normalized spacial score (nSPS) is 20.7. The van der Waals surface area contributed by atoms with Gasteiger partial charge in [0, 0.05) is 11.1 Å². The van der Waals surface area contributed by atoms with Gasteiger partial charge in [0.05, 0.1) is 26.9 Å². The van der Waals surface area contributed by atoms with Crippen molar-refractivity contribution in [2.75, 3.05) is 26.9 Å². The van der Waals surface area contributed by atoms with Crippen molar-refractivity contribution in [3.8, 4) is 11.5 Å². The summed E-state index contributed by atoms with van der Waals surface area (Å²) in [6.45, 7) is 5.00. The maximum atomic E-state index is 9.66. The van der Waals surface area contributed by atoms with Crippen molar-refractivity contribution in [1.82, 2.24) is 0 Å². The Morgan fingerprint density at radius 2 is 2.00 bits per heavy atom. The molecule has 0 atom stereocenters. The zero-order valence-electron chi connectivity index (χ0n) is 12.5. The van der Waals surface area contributed by atoms with E-state index in [1.54, 1.807) is 7.11 Å². The van der Waals surface area contributed by atoms with Gasteiger partial charge >= 0.3 is 0 Å². The third kappa shape index (κ3) is 2.64. The molecule has 0 unspecified atom stereocenters. The summed E-state index contributed by atoms with van der Waals surface area (Å²) in [5, 5.41) is 9.66. The molecule has 1 fully saturated rings. The Hall–Kier alpha value is -1.56. The maximum absolute atomic E-state index is 9.66. The molecule has 21 heavy (non-hydrogen) atoms. The number of fused-ring (bicyclic) bond motifs is 1. The van der Waals surface area contributed by atoms with Gasteiger partial charge in [-0.05, 0) is 37.6 Å². The molecule has 5 nitrogen and oxygen atoms in total. The summed E-state index contributed by atoms with van der Waals surface area (Å²) in [6.07, 6.45) is 1.54. The summed E-state index contributed by atoms with van der Waals surface area (Å²) in [5.74, 6) is 1.27. The Morgan fingerprint density at radius 1 is 1.29 bits per heavy atom. The van der Waals surface area contributed by atoms with E-state index in [1.165, 1.54) is 0 Å². The van der Waals surface area contributed by atoms with Crippen molar-refractivity contribution in [2.24, 2.45) is 0 Å². The highest BCUT2D eigenvalue weighted by atomic mass is 16.7. The third-order valence-corrected chi connectivity index (χ3v) is 3.59.